The molecule has 0 spiro atoms. The topological polar surface area (TPSA) is 0 Å². The van der Waals surface area contributed by atoms with Crippen LogP contribution in [-0.2, 0) is 20.4 Å². The first-order valence-corrected chi connectivity index (χ1v) is 10.7. The number of hydrogen-bond donors (Lipinski definition) is 0. The molecule has 0 radical (unpaired) electrons. The van der Waals surface area contributed by atoms with Gasteiger partial charge >= 0.3 is 107 Å². The van der Waals surface area contributed by atoms with Crippen LogP contribution in [0, 0.1) is 0 Å². The molecular formula is C13H21SiTi. The quantitative estimate of drug-likeness (QED) is 0.637. The average Bonchev–Trinajstić information content (AvgIpc) is 2.42. The van der Waals surface area contributed by atoms with Crippen LogP contribution >= 0.6 is 0 Å². The maximum absolute atomic E-state index is 2.55. The van der Waals surface area contributed by atoms with E-state index in [1.165, 1.54) is 31.7 Å². The molecule has 0 saturated carbocycles. The van der Waals surface area contributed by atoms with Gasteiger partial charge in [-0.3, -0.25) is 0 Å². The Balaban J connectivity index is 2.13. The van der Waals surface area contributed by atoms with Crippen molar-refractivity contribution in [3.8, 4) is 0 Å². The molecule has 0 N–H and O–H groups in total. The van der Waals surface area contributed by atoms with E-state index in [-0.39, 0.29) is 0 Å². The summed E-state index contributed by atoms with van der Waals surface area (Å²) in [6.45, 7) is 7.45. The fourth-order valence-electron chi connectivity index (χ4n) is 2.74. The molecule has 0 heterocycles. The monoisotopic (exact) mass is 253 g/mol. The maximum atomic E-state index is 2.55. The van der Waals surface area contributed by atoms with Gasteiger partial charge < -0.3 is 0 Å². The molecule has 0 aromatic carbocycles. The SMILES string of the molecule is C[Si](C)(C)CC1=CC2=C(CCCC2)[CH]1[Ti]. The minimum absolute atomic E-state index is 0.784. The van der Waals surface area contributed by atoms with Crippen molar-refractivity contribution >= 4 is 8.07 Å². The van der Waals surface area contributed by atoms with Crippen molar-refractivity contribution in [2.24, 2.45) is 0 Å². The third-order valence-corrected chi connectivity index (χ3v) is 5.96. The van der Waals surface area contributed by atoms with Crippen molar-refractivity contribution < 1.29 is 20.4 Å². The van der Waals surface area contributed by atoms with Crippen LogP contribution in [0.2, 0.25) is 29.9 Å². The van der Waals surface area contributed by atoms with Crippen molar-refractivity contribution in [3.05, 3.63) is 22.8 Å². The molecule has 2 heteroatoms. The second kappa shape index (κ2) is 4.35. The molecule has 0 aliphatic heterocycles. The van der Waals surface area contributed by atoms with Crippen LogP contribution in [-0.4, -0.2) is 8.07 Å². The third kappa shape index (κ3) is 2.75. The second-order valence-corrected chi connectivity index (χ2v) is 12.5. The van der Waals surface area contributed by atoms with Crippen molar-refractivity contribution in [2.45, 2.75) is 55.6 Å². The van der Waals surface area contributed by atoms with Gasteiger partial charge in [-0.15, -0.1) is 0 Å². The van der Waals surface area contributed by atoms with Gasteiger partial charge in [0.05, 0.1) is 0 Å². The van der Waals surface area contributed by atoms with Crippen LogP contribution in [0.15, 0.2) is 22.8 Å². The van der Waals surface area contributed by atoms with E-state index < -0.39 is 8.07 Å². The molecule has 81 valence electrons. The van der Waals surface area contributed by atoms with Crippen LogP contribution in [0.3, 0.4) is 0 Å². The van der Waals surface area contributed by atoms with E-state index >= 15 is 0 Å². The predicted octanol–water partition coefficient (Wildman–Crippen LogP) is 4.47. The van der Waals surface area contributed by atoms with Gasteiger partial charge in [-0.05, 0) is 0 Å². The summed E-state index contributed by atoms with van der Waals surface area (Å²) < 4.78 is 0.784. The first-order chi connectivity index (χ1) is 6.97. The van der Waals surface area contributed by atoms with Gasteiger partial charge in [-0.2, -0.15) is 0 Å². The van der Waals surface area contributed by atoms with Crippen LogP contribution in [0.5, 0.6) is 0 Å². The van der Waals surface area contributed by atoms with Gasteiger partial charge in [-0.25, -0.2) is 0 Å². The predicted molar refractivity (Wildman–Crippen MR) is 65.5 cm³/mol. The molecule has 0 fully saturated rings. The summed E-state index contributed by atoms with van der Waals surface area (Å²) >= 11 is 2.43. The summed E-state index contributed by atoms with van der Waals surface area (Å²) in [6.07, 6.45) is 8.13. The molecule has 0 amide bonds. The van der Waals surface area contributed by atoms with Crippen LogP contribution < -0.4 is 0 Å². The fourth-order valence-corrected chi connectivity index (χ4v) is 5.40. The Labute approximate surface area is 107 Å². The van der Waals surface area contributed by atoms with E-state index in [0.29, 0.717) is 0 Å². The minimum atomic E-state index is -0.923. The van der Waals surface area contributed by atoms with Gasteiger partial charge in [0, 0.05) is 0 Å². The number of hydrogen-bond acceptors (Lipinski definition) is 0. The molecule has 0 aromatic heterocycles. The fraction of sp³-hybridized carbons (Fsp3) is 0.692. The molecule has 1 atom stereocenters. The Morgan fingerprint density at radius 1 is 1.27 bits per heavy atom. The van der Waals surface area contributed by atoms with Crippen molar-refractivity contribution in [2.75, 3.05) is 0 Å². The summed E-state index contributed by atoms with van der Waals surface area (Å²) in [4.78, 5) is 0. The Morgan fingerprint density at radius 2 is 1.93 bits per heavy atom. The molecule has 1 unspecified atom stereocenters. The number of allylic oxidation sites excluding steroid dienone is 4. The van der Waals surface area contributed by atoms with Crippen molar-refractivity contribution in [1.82, 2.24) is 0 Å². The molecule has 0 aromatic rings. The van der Waals surface area contributed by atoms with Crippen LogP contribution in [0.4, 0.5) is 0 Å². The molecule has 0 bridgehead atoms. The standard InChI is InChI=1S/C13H21Si.Ti/c1-14(2,3)10-11-8-12-6-4-5-7-13(12)9-11;/h8-9H,4-7,10H2,1-3H3;. The normalized spacial score (nSPS) is 26.5. The van der Waals surface area contributed by atoms with Crippen LogP contribution in [0.1, 0.15) is 25.7 Å². The van der Waals surface area contributed by atoms with Crippen LogP contribution in [0.25, 0.3) is 0 Å². The average molecular weight is 253 g/mol. The first kappa shape index (κ1) is 11.9. The van der Waals surface area contributed by atoms with E-state index in [9.17, 15) is 0 Å². The zero-order valence-electron chi connectivity index (χ0n) is 10.2. The number of rotatable bonds is 2. The summed E-state index contributed by atoms with van der Waals surface area (Å²) in [6, 6.07) is 1.40. The van der Waals surface area contributed by atoms with Crippen molar-refractivity contribution in [3.63, 3.8) is 0 Å². The van der Waals surface area contributed by atoms with Gasteiger partial charge in [0.25, 0.3) is 0 Å². The second-order valence-electron chi connectivity index (χ2n) is 6.15. The van der Waals surface area contributed by atoms with E-state index in [1.807, 2.05) is 0 Å². The summed E-state index contributed by atoms with van der Waals surface area (Å²) in [5, 5.41) is 0. The molecule has 0 nitrogen and oxygen atoms in total. The Hall–Kier alpha value is 0.411. The Kier molecular flexibility index (Phi) is 3.45. The summed E-state index contributed by atoms with van der Waals surface area (Å²) in [7, 11) is -0.923. The zero-order valence-corrected chi connectivity index (χ0v) is 12.8. The van der Waals surface area contributed by atoms with Gasteiger partial charge in [-0.1, -0.05) is 0 Å². The molecular weight excluding hydrogens is 232 g/mol. The van der Waals surface area contributed by atoms with Gasteiger partial charge in [0.1, 0.15) is 0 Å². The molecule has 15 heavy (non-hydrogen) atoms. The van der Waals surface area contributed by atoms with E-state index in [1.54, 1.807) is 16.7 Å². The molecule has 2 rings (SSSR count). The van der Waals surface area contributed by atoms with Gasteiger partial charge in [0.2, 0.25) is 0 Å². The third-order valence-electron chi connectivity index (χ3n) is 3.37. The van der Waals surface area contributed by atoms with Crippen molar-refractivity contribution in [1.29, 1.82) is 0 Å². The zero-order chi connectivity index (χ0) is 11.1. The van der Waals surface area contributed by atoms with E-state index in [2.05, 4.69) is 46.2 Å². The molecule has 0 saturated heterocycles. The Morgan fingerprint density at radius 3 is 2.53 bits per heavy atom. The molecule has 2 aliphatic carbocycles. The first-order valence-electron chi connectivity index (χ1n) is 6.11. The summed E-state index contributed by atoms with van der Waals surface area (Å²) in [5.74, 6) is 0. The molecule has 2 aliphatic rings. The van der Waals surface area contributed by atoms with E-state index in [0.717, 1.165) is 4.22 Å². The van der Waals surface area contributed by atoms with Gasteiger partial charge in [0.15, 0.2) is 0 Å². The van der Waals surface area contributed by atoms with E-state index in [4.69, 9.17) is 0 Å². The Bertz CT molecular complexity index is 320. The summed E-state index contributed by atoms with van der Waals surface area (Å²) in [5.41, 5.74) is 5.25.